The number of carboxylic acid groups (broad SMARTS) is 1. The summed E-state index contributed by atoms with van der Waals surface area (Å²) in [5.41, 5.74) is 0.479. The molecule has 1 aromatic rings. The number of amides is 1. The minimum absolute atomic E-state index is 0.0242. The van der Waals surface area contributed by atoms with Gasteiger partial charge in [0.15, 0.2) is 11.5 Å². The molecule has 0 saturated carbocycles. The molecule has 122 valence electrons. The van der Waals surface area contributed by atoms with Crippen LogP contribution in [0.25, 0.3) is 0 Å². The summed E-state index contributed by atoms with van der Waals surface area (Å²) in [5, 5.41) is 9.35. The maximum Gasteiger partial charge on any atom is 0.308 e. The second-order valence-electron chi connectivity index (χ2n) is 6.37. The molecule has 2 saturated heterocycles. The van der Waals surface area contributed by atoms with Gasteiger partial charge < -0.3 is 19.5 Å². The Balaban J connectivity index is 1.67. The number of nitrogens with zero attached hydrogens (tertiary/aromatic N) is 1. The molecule has 3 aliphatic rings. The Kier molecular flexibility index (Phi) is 3.39. The molecule has 0 radical (unpaired) electrons. The van der Waals surface area contributed by atoms with Gasteiger partial charge in [0.25, 0.3) is 5.91 Å². The summed E-state index contributed by atoms with van der Waals surface area (Å²) in [6.45, 7) is 1.09. The number of carboxylic acids is 1. The third kappa shape index (κ3) is 2.24. The molecule has 2 bridgehead atoms. The molecule has 6 nitrogen and oxygen atoms in total. The Hall–Kier alpha value is -2.24. The quantitative estimate of drug-likeness (QED) is 0.902. The van der Waals surface area contributed by atoms with Gasteiger partial charge in [-0.15, -0.1) is 0 Å². The van der Waals surface area contributed by atoms with Crippen LogP contribution >= 0.6 is 0 Å². The number of ether oxygens (including phenoxy) is 2. The normalized spacial score (nSPS) is 28.5. The van der Waals surface area contributed by atoms with Crippen molar-refractivity contribution < 1.29 is 24.2 Å². The van der Waals surface area contributed by atoms with Gasteiger partial charge in [-0.2, -0.15) is 0 Å². The van der Waals surface area contributed by atoms with Crippen LogP contribution in [-0.2, 0) is 4.79 Å². The van der Waals surface area contributed by atoms with Gasteiger partial charge in [0.05, 0.1) is 24.7 Å². The molecule has 0 spiro atoms. The fourth-order valence-electron chi connectivity index (χ4n) is 4.07. The number of fused-ring (bicyclic) bond motifs is 3. The minimum atomic E-state index is -0.804. The number of hydrogen-bond acceptors (Lipinski definition) is 4. The maximum absolute atomic E-state index is 13.1. The van der Waals surface area contributed by atoms with Crippen LogP contribution in [0.1, 0.15) is 36.0 Å². The first-order chi connectivity index (χ1) is 11.2. The van der Waals surface area contributed by atoms with Gasteiger partial charge in [-0.1, -0.05) is 6.07 Å². The zero-order chi connectivity index (χ0) is 16.0. The lowest BCUT2D eigenvalue weighted by atomic mass is 9.89. The highest BCUT2D eigenvalue weighted by molar-refractivity contribution is 5.99. The molecule has 0 aromatic heterocycles. The summed E-state index contributed by atoms with van der Waals surface area (Å²) in [5.74, 6) is -0.301. The zero-order valence-electron chi connectivity index (χ0n) is 12.7. The highest BCUT2D eigenvalue weighted by Gasteiger charge is 2.51. The summed E-state index contributed by atoms with van der Waals surface area (Å²) >= 11 is 0. The molecule has 1 amide bonds. The fourth-order valence-corrected chi connectivity index (χ4v) is 4.07. The lowest BCUT2D eigenvalue weighted by Crippen LogP contribution is -2.38. The van der Waals surface area contributed by atoms with E-state index in [1.54, 1.807) is 23.1 Å². The molecular weight excluding hydrogens is 298 g/mol. The Bertz CT molecular complexity index is 658. The Morgan fingerprint density at radius 1 is 1.17 bits per heavy atom. The smallest absolute Gasteiger partial charge is 0.308 e. The highest BCUT2D eigenvalue weighted by atomic mass is 16.5. The molecule has 3 heterocycles. The second-order valence-corrected chi connectivity index (χ2v) is 6.37. The molecule has 3 aliphatic heterocycles. The number of benzene rings is 1. The van der Waals surface area contributed by atoms with Crippen molar-refractivity contribution in [3.63, 3.8) is 0 Å². The predicted octanol–water partition coefficient (Wildman–Crippen LogP) is 1.93. The van der Waals surface area contributed by atoms with Crippen LogP contribution in [0.4, 0.5) is 0 Å². The van der Waals surface area contributed by atoms with E-state index >= 15 is 0 Å². The summed E-state index contributed by atoms with van der Waals surface area (Å²) in [4.78, 5) is 26.2. The van der Waals surface area contributed by atoms with Crippen LogP contribution in [0.3, 0.4) is 0 Å². The molecule has 3 unspecified atom stereocenters. The van der Waals surface area contributed by atoms with E-state index < -0.39 is 11.9 Å². The van der Waals surface area contributed by atoms with Crippen LogP contribution in [0.2, 0.25) is 0 Å². The van der Waals surface area contributed by atoms with Crippen molar-refractivity contribution >= 4 is 11.9 Å². The van der Waals surface area contributed by atoms with Gasteiger partial charge in [0.2, 0.25) is 0 Å². The molecule has 1 aromatic carbocycles. The number of carbonyl (C=O) groups is 2. The molecule has 3 atom stereocenters. The van der Waals surface area contributed by atoms with Gasteiger partial charge in [-0.25, -0.2) is 0 Å². The van der Waals surface area contributed by atoms with Gasteiger partial charge in [-0.3, -0.25) is 9.59 Å². The SMILES string of the molecule is O=C(O)C1CC2CCC1N2C(=O)c1cccc2c1OCCCO2. The van der Waals surface area contributed by atoms with E-state index in [0.29, 0.717) is 36.7 Å². The third-order valence-corrected chi connectivity index (χ3v) is 5.09. The fraction of sp³-hybridized carbons (Fsp3) is 0.529. The number of carbonyl (C=O) groups excluding carboxylic acids is 1. The van der Waals surface area contributed by atoms with Crippen LogP contribution in [-0.4, -0.2) is 47.2 Å². The molecule has 0 aliphatic carbocycles. The first-order valence-electron chi connectivity index (χ1n) is 8.11. The van der Waals surface area contributed by atoms with Gasteiger partial charge in [0, 0.05) is 18.5 Å². The average molecular weight is 317 g/mol. The lowest BCUT2D eigenvalue weighted by molar-refractivity contribution is -0.142. The number of para-hydroxylation sites is 1. The average Bonchev–Trinajstić information content (AvgIpc) is 3.02. The van der Waals surface area contributed by atoms with E-state index in [0.717, 1.165) is 19.3 Å². The van der Waals surface area contributed by atoms with E-state index in [1.165, 1.54) is 0 Å². The van der Waals surface area contributed by atoms with E-state index in [4.69, 9.17) is 9.47 Å². The number of hydrogen-bond donors (Lipinski definition) is 1. The van der Waals surface area contributed by atoms with Crippen molar-refractivity contribution in [1.82, 2.24) is 4.90 Å². The minimum Gasteiger partial charge on any atom is -0.490 e. The van der Waals surface area contributed by atoms with Crippen molar-refractivity contribution in [2.24, 2.45) is 5.92 Å². The predicted molar refractivity (Wildman–Crippen MR) is 80.8 cm³/mol. The first kappa shape index (κ1) is 14.4. The maximum atomic E-state index is 13.1. The monoisotopic (exact) mass is 317 g/mol. The Morgan fingerprint density at radius 2 is 2.00 bits per heavy atom. The number of aliphatic carboxylic acids is 1. The van der Waals surface area contributed by atoms with E-state index in [9.17, 15) is 14.7 Å². The first-order valence-corrected chi connectivity index (χ1v) is 8.11. The highest BCUT2D eigenvalue weighted by Crippen LogP contribution is 2.44. The molecule has 4 rings (SSSR count). The Labute approximate surface area is 134 Å². The lowest BCUT2D eigenvalue weighted by Gasteiger charge is -2.24. The zero-order valence-corrected chi connectivity index (χ0v) is 12.7. The molecule has 1 N–H and O–H groups in total. The van der Waals surface area contributed by atoms with E-state index in [-0.39, 0.29) is 18.0 Å². The second kappa shape index (κ2) is 5.44. The summed E-state index contributed by atoms with van der Waals surface area (Å²) in [7, 11) is 0. The summed E-state index contributed by atoms with van der Waals surface area (Å²) in [6.07, 6.45) is 2.98. The molecule has 6 heteroatoms. The summed E-state index contributed by atoms with van der Waals surface area (Å²) in [6, 6.07) is 5.15. The van der Waals surface area contributed by atoms with Gasteiger partial charge >= 0.3 is 5.97 Å². The van der Waals surface area contributed by atoms with Gasteiger partial charge in [-0.05, 0) is 31.4 Å². The standard InChI is InChI=1S/C17H19NO5/c19-16(18-10-5-6-13(18)12(9-10)17(20)21)11-3-1-4-14-15(11)23-8-2-7-22-14/h1,3-4,10,12-13H,2,5-9H2,(H,20,21). The topological polar surface area (TPSA) is 76.1 Å². The van der Waals surface area contributed by atoms with Crippen molar-refractivity contribution in [3.8, 4) is 11.5 Å². The largest absolute Gasteiger partial charge is 0.490 e. The van der Waals surface area contributed by atoms with Crippen molar-refractivity contribution in [3.05, 3.63) is 23.8 Å². The Morgan fingerprint density at radius 3 is 2.78 bits per heavy atom. The van der Waals surface area contributed by atoms with Crippen LogP contribution < -0.4 is 9.47 Å². The molecular formula is C17H19NO5. The summed E-state index contributed by atoms with van der Waals surface area (Å²) < 4.78 is 11.4. The van der Waals surface area contributed by atoms with Crippen LogP contribution in [0, 0.1) is 5.92 Å². The van der Waals surface area contributed by atoms with Crippen molar-refractivity contribution in [1.29, 1.82) is 0 Å². The van der Waals surface area contributed by atoms with E-state index in [2.05, 4.69) is 0 Å². The van der Waals surface area contributed by atoms with Crippen molar-refractivity contribution in [2.45, 2.75) is 37.8 Å². The van der Waals surface area contributed by atoms with Gasteiger partial charge in [0.1, 0.15) is 0 Å². The van der Waals surface area contributed by atoms with Crippen LogP contribution in [0.5, 0.6) is 11.5 Å². The third-order valence-electron chi connectivity index (χ3n) is 5.09. The molecule has 2 fully saturated rings. The molecule has 23 heavy (non-hydrogen) atoms. The van der Waals surface area contributed by atoms with Crippen molar-refractivity contribution in [2.75, 3.05) is 13.2 Å². The van der Waals surface area contributed by atoms with E-state index in [1.807, 2.05) is 0 Å². The van der Waals surface area contributed by atoms with Crippen LogP contribution in [0.15, 0.2) is 18.2 Å². The number of rotatable bonds is 2.